The van der Waals surface area contributed by atoms with E-state index in [9.17, 15) is 15.3 Å². The van der Waals surface area contributed by atoms with Crippen molar-refractivity contribution in [3.63, 3.8) is 0 Å². The zero-order valence-corrected chi connectivity index (χ0v) is 13.8. The first-order valence-corrected chi connectivity index (χ1v) is 7.96. The predicted octanol–water partition coefficient (Wildman–Crippen LogP) is 1.39. The van der Waals surface area contributed by atoms with Crippen LogP contribution in [0.3, 0.4) is 0 Å². The Morgan fingerprint density at radius 3 is 2.57 bits per heavy atom. The molecule has 9 heteroatoms. The minimum Gasteiger partial charge on any atom is -0.394 e. The Kier molecular flexibility index (Phi) is 4.68. The molecule has 0 saturated carbocycles. The number of imidazole rings is 1. The molecule has 3 rings (SSSR count). The molecule has 0 unspecified atom stereocenters. The van der Waals surface area contributed by atoms with Gasteiger partial charge in [0.2, 0.25) is 5.95 Å². The molecule has 0 spiro atoms. The summed E-state index contributed by atoms with van der Waals surface area (Å²) in [7, 11) is 0. The molecule has 0 aliphatic carbocycles. The quantitative estimate of drug-likeness (QED) is 0.656. The van der Waals surface area contributed by atoms with Crippen molar-refractivity contribution in [2.45, 2.75) is 31.5 Å². The summed E-state index contributed by atoms with van der Waals surface area (Å²) in [6.45, 7) is 2.10. The average Bonchev–Trinajstić information content (AvgIpc) is 2.99. The van der Waals surface area contributed by atoms with Crippen LogP contribution < -0.4 is 5.32 Å². The van der Waals surface area contributed by atoms with Crippen LogP contribution >= 0.6 is 23.2 Å². The number of halogens is 2. The van der Waals surface area contributed by atoms with Gasteiger partial charge in [-0.25, -0.2) is 4.98 Å². The lowest BCUT2D eigenvalue weighted by atomic mass is 10.1. The molecule has 126 valence electrons. The van der Waals surface area contributed by atoms with Gasteiger partial charge in [0, 0.05) is 6.54 Å². The van der Waals surface area contributed by atoms with E-state index >= 15 is 0 Å². The van der Waals surface area contributed by atoms with E-state index < -0.39 is 31.1 Å². The zero-order chi connectivity index (χ0) is 16.7. The number of aromatic nitrogens is 2. The summed E-state index contributed by atoms with van der Waals surface area (Å²) in [4.78, 5) is 4.43. The Morgan fingerprint density at radius 1 is 1.26 bits per heavy atom. The van der Waals surface area contributed by atoms with Gasteiger partial charge >= 0.3 is 0 Å². The van der Waals surface area contributed by atoms with Crippen molar-refractivity contribution >= 4 is 40.2 Å². The van der Waals surface area contributed by atoms with Gasteiger partial charge in [-0.2, -0.15) is 0 Å². The number of anilines is 1. The van der Waals surface area contributed by atoms with Crippen LogP contribution in [0.1, 0.15) is 13.2 Å². The van der Waals surface area contributed by atoms with Gasteiger partial charge in [0.25, 0.3) is 0 Å². The van der Waals surface area contributed by atoms with Crippen LogP contribution in [-0.2, 0) is 4.74 Å². The molecule has 2 heterocycles. The SMILES string of the molecule is CCNc1nc2cc(Cl)c(Cl)cc2n1[C@H]1O[C@@H](CO)[C@H](O)[C@@H]1O. The molecular formula is C14H17Cl2N3O4. The number of ether oxygens (including phenoxy) is 1. The lowest BCUT2D eigenvalue weighted by Gasteiger charge is -2.20. The van der Waals surface area contributed by atoms with E-state index in [2.05, 4.69) is 10.3 Å². The summed E-state index contributed by atoms with van der Waals surface area (Å²) in [5.41, 5.74) is 1.18. The number of hydrogen-bond acceptors (Lipinski definition) is 6. The van der Waals surface area contributed by atoms with Crippen LogP contribution in [0.4, 0.5) is 5.95 Å². The largest absolute Gasteiger partial charge is 0.394 e. The fourth-order valence-electron chi connectivity index (χ4n) is 2.72. The third kappa shape index (κ3) is 2.77. The Morgan fingerprint density at radius 2 is 1.96 bits per heavy atom. The van der Waals surface area contributed by atoms with Crippen molar-refractivity contribution in [1.82, 2.24) is 9.55 Å². The Labute approximate surface area is 142 Å². The van der Waals surface area contributed by atoms with Crippen LogP contribution in [0.25, 0.3) is 11.0 Å². The lowest BCUT2D eigenvalue weighted by molar-refractivity contribution is -0.0499. The van der Waals surface area contributed by atoms with Crippen molar-refractivity contribution in [3.05, 3.63) is 22.2 Å². The summed E-state index contributed by atoms with van der Waals surface area (Å²) in [6.07, 6.45) is -4.18. The summed E-state index contributed by atoms with van der Waals surface area (Å²) >= 11 is 12.1. The molecule has 4 atom stereocenters. The first-order valence-electron chi connectivity index (χ1n) is 7.21. The normalized spacial score (nSPS) is 27.7. The number of aliphatic hydroxyl groups is 3. The second kappa shape index (κ2) is 6.43. The standard InChI is InChI=1S/C14H17Cl2N3O4/c1-2-17-14-18-8-3-6(15)7(16)4-9(8)19(14)13-12(22)11(21)10(5-20)23-13/h3-4,10-13,20-22H,2,5H2,1H3,(H,17,18)/t10-,11-,12-,13-/m0/s1. The van der Waals surface area contributed by atoms with E-state index in [0.29, 0.717) is 33.6 Å². The third-order valence-electron chi connectivity index (χ3n) is 3.84. The first kappa shape index (κ1) is 16.8. The van der Waals surface area contributed by atoms with E-state index in [0.717, 1.165) is 0 Å². The molecule has 7 nitrogen and oxygen atoms in total. The van der Waals surface area contributed by atoms with E-state index in [1.54, 1.807) is 16.7 Å². The average molecular weight is 362 g/mol. The summed E-state index contributed by atoms with van der Waals surface area (Å²) in [5.74, 6) is 0.454. The van der Waals surface area contributed by atoms with Gasteiger partial charge in [-0.1, -0.05) is 23.2 Å². The molecule has 1 aliphatic heterocycles. The monoisotopic (exact) mass is 361 g/mol. The molecule has 4 N–H and O–H groups in total. The Bertz CT molecular complexity index is 724. The van der Waals surface area contributed by atoms with Crippen molar-refractivity contribution in [3.8, 4) is 0 Å². The van der Waals surface area contributed by atoms with Gasteiger partial charge in [-0.15, -0.1) is 0 Å². The van der Waals surface area contributed by atoms with Crippen LogP contribution in [0.5, 0.6) is 0 Å². The second-order valence-electron chi connectivity index (χ2n) is 5.32. The first-order chi connectivity index (χ1) is 11.0. The number of fused-ring (bicyclic) bond motifs is 1. The minimum atomic E-state index is -1.21. The van der Waals surface area contributed by atoms with Gasteiger partial charge < -0.3 is 25.4 Å². The number of nitrogens with zero attached hydrogens (tertiary/aromatic N) is 2. The number of nitrogens with one attached hydrogen (secondary N) is 1. The van der Waals surface area contributed by atoms with Gasteiger partial charge in [-0.05, 0) is 19.1 Å². The third-order valence-corrected chi connectivity index (χ3v) is 4.56. The molecule has 2 aromatic rings. The molecule has 1 aliphatic rings. The number of hydrogen-bond donors (Lipinski definition) is 4. The number of aliphatic hydroxyl groups excluding tert-OH is 3. The van der Waals surface area contributed by atoms with Crippen molar-refractivity contribution < 1.29 is 20.1 Å². The smallest absolute Gasteiger partial charge is 0.206 e. The topological polar surface area (TPSA) is 99.8 Å². The highest BCUT2D eigenvalue weighted by Crippen LogP contribution is 2.37. The van der Waals surface area contributed by atoms with Gasteiger partial charge in [0.15, 0.2) is 6.23 Å². The van der Waals surface area contributed by atoms with Gasteiger partial charge in [-0.3, -0.25) is 4.57 Å². The highest BCUT2D eigenvalue weighted by Gasteiger charge is 2.44. The summed E-state index contributed by atoms with van der Waals surface area (Å²) < 4.78 is 7.22. The molecule has 0 radical (unpaired) electrons. The highest BCUT2D eigenvalue weighted by molar-refractivity contribution is 6.42. The van der Waals surface area contributed by atoms with Gasteiger partial charge in [0.05, 0.1) is 27.7 Å². The van der Waals surface area contributed by atoms with Crippen LogP contribution in [0.15, 0.2) is 12.1 Å². The maximum Gasteiger partial charge on any atom is 0.206 e. The van der Waals surface area contributed by atoms with Crippen molar-refractivity contribution in [2.24, 2.45) is 0 Å². The van der Waals surface area contributed by atoms with E-state index in [1.165, 1.54) is 0 Å². The van der Waals surface area contributed by atoms with E-state index in [-0.39, 0.29) is 0 Å². The second-order valence-corrected chi connectivity index (χ2v) is 6.13. The highest BCUT2D eigenvalue weighted by atomic mass is 35.5. The number of rotatable bonds is 4. The Hall–Kier alpha value is -1.09. The van der Waals surface area contributed by atoms with Crippen molar-refractivity contribution in [1.29, 1.82) is 0 Å². The fourth-order valence-corrected chi connectivity index (χ4v) is 3.04. The fraction of sp³-hybridized carbons (Fsp3) is 0.500. The Balaban J connectivity index is 2.15. The molecule has 23 heavy (non-hydrogen) atoms. The summed E-state index contributed by atoms with van der Waals surface area (Å²) in [5, 5.41) is 33.3. The molecule has 1 fully saturated rings. The summed E-state index contributed by atoms with van der Waals surface area (Å²) in [6, 6.07) is 3.25. The van der Waals surface area contributed by atoms with E-state index in [4.69, 9.17) is 27.9 Å². The maximum absolute atomic E-state index is 10.3. The number of benzene rings is 1. The molecule has 1 aromatic heterocycles. The molecule has 0 amide bonds. The minimum absolute atomic E-state index is 0.343. The zero-order valence-electron chi connectivity index (χ0n) is 12.3. The van der Waals surface area contributed by atoms with Crippen molar-refractivity contribution in [2.75, 3.05) is 18.5 Å². The van der Waals surface area contributed by atoms with Crippen LogP contribution in [0.2, 0.25) is 10.0 Å². The lowest BCUT2D eigenvalue weighted by Crippen LogP contribution is -2.33. The molecule has 1 aromatic carbocycles. The van der Waals surface area contributed by atoms with E-state index in [1.807, 2.05) is 6.92 Å². The predicted molar refractivity (Wildman–Crippen MR) is 86.9 cm³/mol. The maximum atomic E-state index is 10.3. The molecular weight excluding hydrogens is 345 g/mol. The molecule has 1 saturated heterocycles. The van der Waals surface area contributed by atoms with Gasteiger partial charge in [0.1, 0.15) is 18.3 Å². The van der Waals surface area contributed by atoms with Crippen LogP contribution in [0, 0.1) is 0 Å². The van der Waals surface area contributed by atoms with Crippen LogP contribution in [-0.4, -0.2) is 56.3 Å². The molecule has 0 bridgehead atoms.